The Bertz CT molecular complexity index is 1270. The second kappa shape index (κ2) is 11.9. The first-order valence-corrected chi connectivity index (χ1v) is 14.5. The number of nitrogens with zero attached hydrogens (tertiary/aromatic N) is 6. The topological polar surface area (TPSA) is 55.8 Å². The van der Waals surface area contributed by atoms with Crippen LogP contribution < -0.4 is 9.80 Å². The molecule has 0 unspecified atom stereocenters. The van der Waals surface area contributed by atoms with Crippen LogP contribution in [0.25, 0.3) is 0 Å². The molecule has 1 aromatic heterocycles. The number of carbonyl (C=O) groups is 1. The number of para-hydroxylation sites is 1. The zero-order valence-electron chi connectivity index (χ0n) is 22.4. The van der Waals surface area contributed by atoms with Crippen LogP contribution in [0.5, 0.6) is 0 Å². The van der Waals surface area contributed by atoms with Crippen molar-refractivity contribution in [1.82, 2.24) is 19.8 Å². The van der Waals surface area contributed by atoms with Gasteiger partial charge in [0.05, 0.1) is 10.7 Å². The lowest BCUT2D eigenvalue weighted by Gasteiger charge is -2.37. The van der Waals surface area contributed by atoms with E-state index in [2.05, 4.69) is 41.7 Å². The van der Waals surface area contributed by atoms with Gasteiger partial charge < -0.3 is 19.6 Å². The van der Waals surface area contributed by atoms with Crippen LogP contribution in [0.4, 0.5) is 11.5 Å². The quantitative estimate of drug-likeness (QED) is 0.324. The van der Waals surface area contributed by atoms with Gasteiger partial charge in [-0.1, -0.05) is 47.6 Å². The number of aromatic nitrogens is 2. The van der Waals surface area contributed by atoms with E-state index in [-0.39, 0.29) is 5.91 Å². The molecule has 38 heavy (non-hydrogen) atoms. The van der Waals surface area contributed by atoms with Crippen molar-refractivity contribution in [2.45, 2.75) is 24.8 Å². The van der Waals surface area contributed by atoms with Gasteiger partial charge >= 0.3 is 0 Å². The Labute approximate surface area is 234 Å². The van der Waals surface area contributed by atoms with Crippen molar-refractivity contribution in [3.8, 4) is 0 Å². The van der Waals surface area contributed by atoms with Crippen LogP contribution in [-0.2, 0) is 5.75 Å². The molecule has 1 amide bonds. The summed E-state index contributed by atoms with van der Waals surface area (Å²) in [4.78, 5) is 31.5. The van der Waals surface area contributed by atoms with E-state index in [1.54, 1.807) is 11.8 Å². The molecule has 2 fully saturated rings. The van der Waals surface area contributed by atoms with E-state index in [9.17, 15) is 4.79 Å². The van der Waals surface area contributed by atoms with Gasteiger partial charge in [0.2, 0.25) is 0 Å². The van der Waals surface area contributed by atoms with Crippen molar-refractivity contribution in [1.29, 1.82) is 0 Å². The van der Waals surface area contributed by atoms with Crippen LogP contribution in [0.3, 0.4) is 0 Å². The van der Waals surface area contributed by atoms with Crippen molar-refractivity contribution in [3.63, 3.8) is 0 Å². The molecular weight excluding hydrogens is 516 g/mol. The molecule has 200 valence electrons. The number of aryl methyl sites for hydroxylation is 1. The molecule has 0 spiro atoms. The lowest BCUT2D eigenvalue weighted by molar-refractivity contribution is 0.0664. The molecular formula is C29H35ClN6OS. The third-order valence-electron chi connectivity index (χ3n) is 7.47. The van der Waals surface area contributed by atoms with E-state index in [1.807, 2.05) is 47.4 Å². The zero-order chi connectivity index (χ0) is 26.6. The summed E-state index contributed by atoms with van der Waals surface area (Å²) < 4.78 is 0. The van der Waals surface area contributed by atoms with E-state index in [0.29, 0.717) is 0 Å². The Morgan fingerprint density at radius 2 is 1.53 bits per heavy atom. The zero-order valence-corrected chi connectivity index (χ0v) is 23.9. The number of thioether (sulfide) groups is 1. The lowest BCUT2D eigenvalue weighted by atomic mass is 10.1. The van der Waals surface area contributed by atoms with Crippen LogP contribution in [0.15, 0.2) is 53.7 Å². The van der Waals surface area contributed by atoms with E-state index < -0.39 is 0 Å². The highest BCUT2D eigenvalue weighted by atomic mass is 35.5. The first-order chi connectivity index (χ1) is 18.4. The smallest absolute Gasteiger partial charge is 0.253 e. The molecule has 0 bridgehead atoms. The fourth-order valence-electron chi connectivity index (χ4n) is 4.91. The Hall–Kier alpha value is -2.81. The summed E-state index contributed by atoms with van der Waals surface area (Å²) in [6.07, 6.45) is 0. The van der Waals surface area contributed by atoms with Crippen molar-refractivity contribution >= 4 is 40.8 Å². The van der Waals surface area contributed by atoms with E-state index in [0.717, 1.165) is 102 Å². The maximum Gasteiger partial charge on any atom is 0.253 e. The molecule has 0 N–H and O–H groups in total. The minimum Gasteiger partial charge on any atom is -0.367 e. The molecule has 9 heteroatoms. The predicted molar refractivity (Wildman–Crippen MR) is 157 cm³/mol. The summed E-state index contributed by atoms with van der Waals surface area (Å²) >= 11 is 8.07. The second-order valence-electron chi connectivity index (χ2n) is 10.0. The van der Waals surface area contributed by atoms with Crippen LogP contribution >= 0.6 is 23.4 Å². The fraction of sp³-hybridized carbons (Fsp3) is 0.414. The largest absolute Gasteiger partial charge is 0.367 e. The van der Waals surface area contributed by atoms with Crippen molar-refractivity contribution in [2.75, 3.05) is 69.2 Å². The van der Waals surface area contributed by atoms with Crippen LogP contribution in [0.2, 0.25) is 5.02 Å². The average Bonchev–Trinajstić information content (AvgIpc) is 2.94. The number of carbonyl (C=O) groups excluding carboxylic acids is 1. The summed E-state index contributed by atoms with van der Waals surface area (Å²) in [6, 6.07) is 16.0. The molecule has 2 aromatic carbocycles. The summed E-state index contributed by atoms with van der Waals surface area (Å²) in [6.45, 7) is 11.2. The number of hydrogen-bond acceptors (Lipinski definition) is 7. The highest BCUT2D eigenvalue weighted by Crippen LogP contribution is 2.30. The normalized spacial score (nSPS) is 16.7. The Morgan fingerprint density at radius 1 is 0.868 bits per heavy atom. The van der Waals surface area contributed by atoms with E-state index in [4.69, 9.17) is 21.6 Å². The average molecular weight is 551 g/mol. The number of likely N-dealkylation sites (N-methyl/N-ethyl adjacent to an activating group) is 1. The van der Waals surface area contributed by atoms with E-state index >= 15 is 0 Å². The summed E-state index contributed by atoms with van der Waals surface area (Å²) in [5.41, 5.74) is 5.15. The van der Waals surface area contributed by atoms with Gasteiger partial charge in [0.1, 0.15) is 5.82 Å². The molecule has 0 atom stereocenters. The number of anilines is 2. The number of piperazine rings is 2. The summed E-state index contributed by atoms with van der Waals surface area (Å²) in [7, 11) is 2.10. The van der Waals surface area contributed by atoms with Gasteiger partial charge in [0.25, 0.3) is 5.91 Å². The number of hydrogen-bond donors (Lipinski definition) is 0. The predicted octanol–water partition coefficient (Wildman–Crippen LogP) is 4.75. The maximum absolute atomic E-state index is 12.8. The molecule has 5 rings (SSSR count). The molecule has 2 aliphatic heterocycles. The molecule has 3 aromatic rings. The molecule has 3 heterocycles. The first-order valence-electron chi connectivity index (χ1n) is 13.2. The Balaban J connectivity index is 1.20. The molecule has 7 nitrogen and oxygen atoms in total. The molecule has 2 saturated heterocycles. The third kappa shape index (κ3) is 6.08. The molecule has 0 saturated carbocycles. The fourth-order valence-corrected chi connectivity index (χ4v) is 6.01. The Kier molecular flexibility index (Phi) is 8.41. The molecule has 0 radical (unpaired) electrons. The van der Waals surface area contributed by atoms with Crippen molar-refractivity contribution in [2.24, 2.45) is 0 Å². The summed E-state index contributed by atoms with van der Waals surface area (Å²) in [5, 5.41) is 1.58. The summed E-state index contributed by atoms with van der Waals surface area (Å²) in [5.74, 6) is 1.89. The highest BCUT2D eigenvalue weighted by molar-refractivity contribution is 7.98. The monoisotopic (exact) mass is 550 g/mol. The Morgan fingerprint density at radius 3 is 2.21 bits per heavy atom. The third-order valence-corrected chi connectivity index (χ3v) is 8.71. The van der Waals surface area contributed by atoms with Crippen molar-refractivity contribution < 1.29 is 4.79 Å². The van der Waals surface area contributed by atoms with Crippen LogP contribution in [0.1, 0.15) is 27.2 Å². The number of amides is 1. The van der Waals surface area contributed by atoms with Crippen LogP contribution in [-0.4, -0.2) is 85.1 Å². The lowest BCUT2D eigenvalue weighted by Crippen LogP contribution is -2.47. The number of halogens is 1. The van der Waals surface area contributed by atoms with Gasteiger partial charge in [-0.3, -0.25) is 4.79 Å². The van der Waals surface area contributed by atoms with Crippen molar-refractivity contribution in [3.05, 3.63) is 75.9 Å². The van der Waals surface area contributed by atoms with Gasteiger partial charge in [0.15, 0.2) is 5.16 Å². The minimum atomic E-state index is 0.120. The molecule has 2 aliphatic rings. The second-order valence-corrected chi connectivity index (χ2v) is 11.4. The van der Waals surface area contributed by atoms with Gasteiger partial charge in [-0.25, -0.2) is 9.97 Å². The standard InChI is InChI=1S/C29H35ClN6OS/c1-21-22(2)31-29(32-27(21)35-18-16-34(17-19-35)26-7-5-4-6-25(26)30)38-20-23-8-10-24(11-9-23)28(37)36-14-12-33(3)13-15-36/h4-11H,12-20H2,1-3H3. The molecule has 0 aliphatic carbocycles. The van der Waals surface area contributed by atoms with Gasteiger partial charge in [-0.05, 0) is 50.7 Å². The van der Waals surface area contributed by atoms with Crippen LogP contribution in [0, 0.1) is 13.8 Å². The van der Waals surface area contributed by atoms with Gasteiger partial charge in [-0.15, -0.1) is 0 Å². The van der Waals surface area contributed by atoms with Gasteiger partial charge in [-0.2, -0.15) is 0 Å². The maximum atomic E-state index is 12.8. The number of rotatable bonds is 6. The number of benzene rings is 2. The minimum absolute atomic E-state index is 0.120. The SMILES string of the molecule is Cc1nc(SCc2ccc(C(=O)N3CCN(C)CC3)cc2)nc(N2CCN(c3ccccc3Cl)CC2)c1C. The van der Waals surface area contributed by atoms with Gasteiger partial charge in [0, 0.05) is 74.9 Å². The first kappa shape index (κ1) is 26.8. The highest BCUT2D eigenvalue weighted by Gasteiger charge is 2.23. The van der Waals surface area contributed by atoms with E-state index in [1.165, 1.54) is 0 Å².